The Morgan fingerprint density at radius 3 is 2.46 bits per heavy atom. The third-order valence-corrected chi connectivity index (χ3v) is 6.42. The minimum atomic E-state index is -0.907. The minimum absolute atomic E-state index is 0.0782. The summed E-state index contributed by atoms with van der Waals surface area (Å²) in [5.41, 5.74) is 3.02. The Hall–Kier alpha value is -1.92. The molecule has 1 aromatic carbocycles. The van der Waals surface area contributed by atoms with E-state index in [0.29, 0.717) is 19.3 Å². The molecule has 1 aromatic rings. The average molecular weight is 381 g/mol. The number of amides is 2. The standard InChI is InChI=1S/C22H28BNO4/c1-13-10-15-18(16-11-23(27)28-19(17(13)16)22(2,3)4)21(26)24(20(15)25)12-14-8-6-5-7-9-14/h5-9,15-16,18-19,27H,10-12H2,1-4H3/t15-,16+,18-,19+/m1/s1. The molecular formula is C22H28BNO4. The van der Waals surface area contributed by atoms with Crippen LogP contribution < -0.4 is 0 Å². The fourth-order valence-corrected chi connectivity index (χ4v) is 5.23. The van der Waals surface area contributed by atoms with Crippen LogP contribution in [0.1, 0.15) is 39.7 Å². The Bertz CT molecular complexity index is 829. The van der Waals surface area contributed by atoms with Gasteiger partial charge in [0.05, 0.1) is 24.5 Å². The highest BCUT2D eigenvalue weighted by Gasteiger charge is 2.57. The largest absolute Gasteiger partial charge is 0.455 e. The second-order valence-electron chi connectivity index (χ2n) is 9.50. The SMILES string of the molecule is CC1=C2[C@H](CB(O)O[C@@H]2C(C)(C)C)[C@@H]2C(=O)N(Cc3ccccc3)C(=O)[C@@H]2C1. The molecule has 0 spiro atoms. The third-order valence-electron chi connectivity index (χ3n) is 6.42. The summed E-state index contributed by atoms with van der Waals surface area (Å²) in [6.45, 7) is 8.62. The van der Waals surface area contributed by atoms with Gasteiger partial charge in [0.1, 0.15) is 0 Å². The van der Waals surface area contributed by atoms with Gasteiger partial charge >= 0.3 is 7.12 Å². The maximum absolute atomic E-state index is 13.3. The van der Waals surface area contributed by atoms with Crippen molar-refractivity contribution in [3.8, 4) is 0 Å². The normalized spacial score (nSPS) is 30.6. The van der Waals surface area contributed by atoms with Crippen molar-refractivity contribution in [1.82, 2.24) is 4.90 Å². The predicted molar refractivity (Wildman–Crippen MR) is 107 cm³/mol. The lowest BCUT2D eigenvalue weighted by atomic mass is 9.57. The molecule has 2 saturated heterocycles. The molecule has 0 saturated carbocycles. The molecule has 6 heteroatoms. The van der Waals surface area contributed by atoms with Crippen LogP contribution in [0.15, 0.2) is 41.5 Å². The molecule has 148 valence electrons. The van der Waals surface area contributed by atoms with Gasteiger partial charge in [-0.2, -0.15) is 0 Å². The van der Waals surface area contributed by atoms with E-state index in [9.17, 15) is 14.6 Å². The van der Waals surface area contributed by atoms with E-state index in [2.05, 4.69) is 27.7 Å². The number of carbonyl (C=O) groups excluding carboxylic acids is 2. The summed E-state index contributed by atoms with van der Waals surface area (Å²) < 4.78 is 5.91. The summed E-state index contributed by atoms with van der Waals surface area (Å²) in [4.78, 5) is 27.9. The zero-order chi connectivity index (χ0) is 20.2. The molecule has 1 N–H and O–H groups in total. The lowest BCUT2D eigenvalue weighted by Gasteiger charge is -2.46. The second-order valence-corrected chi connectivity index (χ2v) is 9.50. The minimum Gasteiger partial charge on any atom is -0.427 e. The molecule has 1 aliphatic carbocycles. The molecule has 28 heavy (non-hydrogen) atoms. The van der Waals surface area contributed by atoms with Gasteiger partial charge in [-0.3, -0.25) is 14.5 Å². The van der Waals surface area contributed by atoms with Crippen LogP contribution in [0.25, 0.3) is 0 Å². The summed E-state index contributed by atoms with van der Waals surface area (Å²) in [5.74, 6) is -1.03. The molecule has 0 aromatic heterocycles. The van der Waals surface area contributed by atoms with Crippen LogP contribution in [0.2, 0.25) is 6.32 Å². The van der Waals surface area contributed by atoms with Gasteiger partial charge in [0.25, 0.3) is 0 Å². The van der Waals surface area contributed by atoms with E-state index in [1.165, 1.54) is 4.90 Å². The van der Waals surface area contributed by atoms with Crippen molar-refractivity contribution in [2.75, 3.05) is 0 Å². The van der Waals surface area contributed by atoms with E-state index in [0.717, 1.165) is 16.7 Å². The van der Waals surface area contributed by atoms with Crippen molar-refractivity contribution in [2.45, 2.75) is 53.1 Å². The highest BCUT2D eigenvalue weighted by atomic mass is 16.5. The molecule has 2 amide bonds. The van der Waals surface area contributed by atoms with Crippen LogP contribution in [0.4, 0.5) is 0 Å². The van der Waals surface area contributed by atoms with E-state index in [-0.39, 0.29) is 35.2 Å². The Balaban J connectivity index is 1.68. The van der Waals surface area contributed by atoms with E-state index in [1.807, 2.05) is 30.3 Å². The molecule has 5 nitrogen and oxygen atoms in total. The summed E-state index contributed by atoms with van der Waals surface area (Å²) in [6, 6.07) is 9.63. The van der Waals surface area contributed by atoms with Gasteiger partial charge < -0.3 is 9.68 Å². The first-order valence-corrected chi connectivity index (χ1v) is 10.1. The zero-order valence-electron chi connectivity index (χ0n) is 17.0. The van der Waals surface area contributed by atoms with Crippen molar-refractivity contribution in [2.24, 2.45) is 23.2 Å². The number of rotatable bonds is 2. The van der Waals surface area contributed by atoms with Gasteiger partial charge in [0.15, 0.2) is 0 Å². The fraction of sp³-hybridized carbons (Fsp3) is 0.545. The quantitative estimate of drug-likeness (QED) is 0.486. The number of fused-ring (bicyclic) bond motifs is 3. The Kier molecular flexibility index (Phi) is 4.75. The number of nitrogens with zero attached hydrogens (tertiary/aromatic N) is 1. The Morgan fingerprint density at radius 1 is 1.14 bits per heavy atom. The van der Waals surface area contributed by atoms with E-state index in [4.69, 9.17) is 4.65 Å². The highest BCUT2D eigenvalue weighted by Crippen LogP contribution is 2.52. The topological polar surface area (TPSA) is 66.8 Å². The smallest absolute Gasteiger partial charge is 0.427 e. The van der Waals surface area contributed by atoms with Crippen LogP contribution in [-0.2, 0) is 20.8 Å². The van der Waals surface area contributed by atoms with Crippen molar-refractivity contribution in [1.29, 1.82) is 0 Å². The third kappa shape index (κ3) is 3.13. The highest BCUT2D eigenvalue weighted by molar-refractivity contribution is 6.43. The van der Waals surface area contributed by atoms with E-state index < -0.39 is 13.0 Å². The number of likely N-dealkylation sites (tertiary alicyclic amines) is 1. The molecular weight excluding hydrogens is 353 g/mol. The summed E-state index contributed by atoms with van der Waals surface area (Å²) in [7, 11) is -0.907. The summed E-state index contributed by atoms with van der Waals surface area (Å²) in [6.07, 6.45) is 0.727. The number of allylic oxidation sites excluding steroid dienone is 1. The maximum Gasteiger partial charge on any atom is 0.455 e. The number of benzene rings is 1. The number of imide groups is 1. The lowest BCUT2D eigenvalue weighted by molar-refractivity contribution is -0.140. The maximum atomic E-state index is 13.3. The molecule has 0 radical (unpaired) electrons. The van der Waals surface area contributed by atoms with Crippen LogP contribution >= 0.6 is 0 Å². The molecule has 4 rings (SSSR count). The van der Waals surface area contributed by atoms with Gasteiger partial charge in [-0.05, 0) is 42.1 Å². The van der Waals surface area contributed by atoms with Gasteiger partial charge in [0, 0.05) is 0 Å². The molecule has 2 fully saturated rings. The van der Waals surface area contributed by atoms with Gasteiger partial charge in [-0.15, -0.1) is 0 Å². The molecule has 0 unspecified atom stereocenters. The second kappa shape index (κ2) is 6.85. The Labute approximate surface area is 166 Å². The van der Waals surface area contributed by atoms with Crippen molar-refractivity contribution in [3.63, 3.8) is 0 Å². The van der Waals surface area contributed by atoms with Gasteiger partial charge in [-0.25, -0.2) is 0 Å². The van der Waals surface area contributed by atoms with Crippen LogP contribution in [0.5, 0.6) is 0 Å². The van der Waals surface area contributed by atoms with Gasteiger partial charge in [0.2, 0.25) is 11.8 Å². The number of hydrogen-bond donors (Lipinski definition) is 1. The Morgan fingerprint density at radius 2 is 1.82 bits per heavy atom. The first-order valence-electron chi connectivity index (χ1n) is 10.1. The predicted octanol–water partition coefficient (Wildman–Crippen LogP) is 3.05. The average Bonchev–Trinajstić information content (AvgIpc) is 2.86. The first-order chi connectivity index (χ1) is 13.2. The summed E-state index contributed by atoms with van der Waals surface area (Å²) >= 11 is 0. The van der Waals surface area contributed by atoms with E-state index >= 15 is 0 Å². The molecule has 2 heterocycles. The van der Waals surface area contributed by atoms with Crippen LogP contribution in [0, 0.1) is 23.2 Å². The van der Waals surface area contributed by atoms with Crippen LogP contribution in [-0.4, -0.2) is 35.0 Å². The van der Waals surface area contributed by atoms with Crippen molar-refractivity contribution < 1.29 is 19.3 Å². The molecule has 4 atom stereocenters. The zero-order valence-corrected chi connectivity index (χ0v) is 17.0. The lowest BCUT2D eigenvalue weighted by Crippen LogP contribution is -2.50. The van der Waals surface area contributed by atoms with Gasteiger partial charge in [-0.1, -0.05) is 56.7 Å². The monoisotopic (exact) mass is 381 g/mol. The number of carbonyl (C=O) groups is 2. The van der Waals surface area contributed by atoms with Crippen molar-refractivity contribution >= 4 is 18.9 Å². The fourth-order valence-electron chi connectivity index (χ4n) is 5.23. The van der Waals surface area contributed by atoms with E-state index in [1.54, 1.807) is 0 Å². The van der Waals surface area contributed by atoms with Crippen molar-refractivity contribution in [3.05, 3.63) is 47.0 Å². The molecule has 2 aliphatic heterocycles. The number of hydrogen-bond acceptors (Lipinski definition) is 4. The summed E-state index contributed by atoms with van der Waals surface area (Å²) in [5, 5.41) is 10.4. The first kappa shape index (κ1) is 19.4. The molecule has 0 bridgehead atoms. The molecule has 3 aliphatic rings. The van der Waals surface area contributed by atoms with Crippen LogP contribution in [0.3, 0.4) is 0 Å².